The molecule has 0 aromatic rings. The van der Waals surface area contributed by atoms with E-state index in [1.165, 1.54) is 0 Å². The highest BCUT2D eigenvalue weighted by Crippen LogP contribution is 2.16. The van der Waals surface area contributed by atoms with E-state index in [9.17, 15) is 4.79 Å². The number of thiocarbonyl (C=S) groups is 1. The van der Waals surface area contributed by atoms with Crippen LogP contribution in [0.15, 0.2) is 0 Å². The highest BCUT2D eigenvalue weighted by Gasteiger charge is 2.25. The molecule has 0 saturated carbocycles. The Balaban J connectivity index is 2.33. The first-order valence-electron chi connectivity index (χ1n) is 4.15. The summed E-state index contributed by atoms with van der Waals surface area (Å²) in [5.74, 6) is 0.725. The molecule has 1 rings (SSSR count). The Morgan fingerprint density at radius 2 is 2.50 bits per heavy atom. The highest BCUT2D eigenvalue weighted by atomic mass is 32.1. The lowest BCUT2D eigenvalue weighted by Gasteiger charge is -2.14. The van der Waals surface area contributed by atoms with Gasteiger partial charge in [0.2, 0.25) is 5.91 Å². The zero-order valence-corrected chi connectivity index (χ0v) is 8.06. The van der Waals surface area contributed by atoms with Crippen molar-refractivity contribution in [3.63, 3.8) is 0 Å². The zero-order chi connectivity index (χ0) is 9.14. The van der Waals surface area contributed by atoms with Crippen molar-refractivity contribution < 1.29 is 4.79 Å². The maximum absolute atomic E-state index is 11.2. The maximum atomic E-state index is 11.2. The molecule has 0 radical (unpaired) electrons. The minimum Gasteiger partial charge on any atom is -0.393 e. The number of carbonyl (C=O) groups excluding carboxylic acids is 1. The monoisotopic (exact) mass is 186 g/mol. The van der Waals surface area contributed by atoms with Crippen molar-refractivity contribution in [2.24, 2.45) is 11.7 Å². The first-order valence-corrected chi connectivity index (χ1v) is 4.56. The van der Waals surface area contributed by atoms with E-state index in [1.807, 2.05) is 4.90 Å². The number of likely N-dealkylation sites (tertiary alicyclic amines) is 1. The number of hydrogen-bond acceptors (Lipinski definition) is 2. The SMILES string of the molecule is CC1CC(=O)N(CCC(N)=S)C1. The minimum atomic E-state index is 0.235. The summed E-state index contributed by atoms with van der Waals surface area (Å²) in [6.07, 6.45) is 1.32. The lowest BCUT2D eigenvalue weighted by atomic mass is 10.2. The second kappa shape index (κ2) is 3.85. The molecule has 1 heterocycles. The Kier molecular flexibility index (Phi) is 3.03. The van der Waals surface area contributed by atoms with Gasteiger partial charge in [0.25, 0.3) is 0 Å². The number of rotatable bonds is 3. The Hall–Kier alpha value is -0.640. The number of nitrogens with zero attached hydrogens (tertiary/aromatic N) is 1. The Morgan fingerprint density at radius 1 is 1.83 bits per heavy atom. The van der Waals surface area contributed by atoms with Crippen LogP contribution in [0.3, 0.4) is 0 Å². The second-order valence-electron chi connectivity index (χ2n) is 3.37. The fraction of sp³-hybridized carbons (Fsp3) is 0.750. The summed E-state index contributed by atoms with van der Waals surface area (Å²) in [4.78, 5) is 13.6. The van der Waals surface area contributed by atoms with Gasteiger partial charge in [0, 0.05) is 25.9 Å². The molecule has 1 aliphatic rings. The predicted molar refractivity (Wildman–Crippen MR) is 51.8 cm³/mol. The summed E-state index contributed by atoms with van der Waals surface area (Å²) < 4.78 is 0. The summed E-state index contributed by atoms with van der Waals surface area (Å²) in [6.45, 7) is 3.64. The first kappa shape index (κ1) is 9.45. The van der Waals surface area contributed by atoms with Gasteiger partial charge in [-0.1, -0.05) is 19.1 Å². The molecule has 3 nitrogen and oxygen atoms in total. The average Bonchev–Trinajstić information content (AvgIpc) is 2.26. The van der Waals surface area contributed by atoms with Crippen LogP contribution < -0.4 is 5.73 Å². The van der Waals surface area contributed by atoms with Gasteiger partial charge in [-0.25, -0.2) is 0 Å². The molecule has 0 aliphatic carbocycles. The van der Waals surface area contributed by atoms with Crippen LogP contribution in [0.25, 0.3) is 0 Å². The van der Waals surface area contributed by atoms with Gasteiger partial charge in [-0.05, 0) is 5.92 Å². The second-order valence-corrected chi connectivity index (χ2v) is 3.89. The minimum absolute atomic E-state index is 0.235. The summed E-state index contributed by atoms with van der Waals surface area (Å²) in [7, 11) is 0. The molecule has 4 heteroatoms. The summed E-state index contributed by atoms with van der Waals surface area (Å²) in [5, 5.41) is 0. The lowest BCUT2D eigenvalue weighted by molar-refractivity contribution is -0.127. The highest BCUT2D eigenvalue weighted by molar-refractivity contribution is 7.80. The molecule has 0 aromatic heterocycles. The van der Waals surface area contributed by atoms with Crippen molar-refractivity contribution in [3.8, 4) is 0 Å². The van der Waals surface area contributed by atoms with Crippen molar-refractivity contribution in [1.29, 1.82) is 0 Å². The molecule has 1 aliphatic heterocycles. The van der Waals surface area contributed by atoms with E-state index in [2.05, 4.69) is 6.92 Å². The first-order chi connectivity index (χ1) is 5.59. The largest absolute Gasteiger partial charge is 0.393 e. The third-order valence-corrected chi connectivity index (χ3v) is 2.24. The van der Waals surface area contributed by atoms with Gasteiger partial charge in [0.05, 0.1) is 4.99 Å². The van der Waals surface area contributed by atoms with Crippen LogP contribution in [0.1, 0.15) is 19.8 Å². The molecule has 0 aromatic carbocycles. The van der Waals surface area contributed by atoms with Crippen LogP contribution in [-0.2, 0) is 4.79 Å². The number of carbonyl (C=O) groups is 1. The van der Waals surface area contributed by atoms with Gasteiger partial charge in [-0.3, -0.25) is 4.79 Å². The quantitative estimate of drug-likeness (QED) is 0.654. The summed E-state index contributed by atoms with van der Waals surface area (Å²) in [6, 6.07) is 0. The number of hydrogen-bond donors (Lipinski definition) is 1. The molecule has 12 heavy (non-hydrogen) atoms. The standard InChI is InChI=1S/C8H14N2OS/c1-6-4-8(11)10(5-6)3-2-7(9)12/h6H,2-5H2,1H3,(H2,9,12). The number of amides is 1. The van der Waals surface area contributed by atoms with Gasteiger partial charge in [0.15, 0.2) is 0 Å². The molecule has 2 N–H and O–H groups in total. The van der Waals surface area contributed by atoms with Gasteiger partial charge >= 0.3 is 0 Å². The van der Waals surface area contributed by atoms with Crippen LogP contribution in [0, 0.1) is 5.92 Å². The molecular formula is C8H14N2OS. The number of nitrogens with two attached hydrogens (primary N) is 1. The molecule has 0 spiro atoms. The molecule has 1 fully saturated rings. The Bertz CT molecular complexity index is 205. The lowest BCUT2D eigenvalue weighted by Crippen LogP contribution is -2.28. The van der Waals surface area contributed by atoms with E-state index in [0.29, 0.717) is 30.3 Å². The van der Waals surface area contributed by atoms with Crippen molar-refractivity contribution in [1.82, 2.24) is 4.90 Å². The zero-order valence-electron chi connectivity index (χ0n) is 7.25. The van der Waals surface area contributed by atoms with Crippen LogP contribution in [-0.4, -0.2) is 28.9 Å². The Morgan fingerprint density at radius 3 is 2.92 bits per heavy atom. The summed E-state index contributed by atoms with van der Waals surface area (Å²) in [5.41, 5.74) is 5.34. The van der Waals surface area contributed by atoms with Crippen molar-refractivity contribution in [3.05, 3.63) is 0 Å². The van der Waals surface area contributed by atoms with Crippen molar-refractivity contribution in [2.75, 3.05) is 13.1 Å². The van der Waals surface area contributed by atoms with E-state index in [4.69, 9.17) is 18.0 Å². The molecule has 1 amide bonds. The van der Waals surface area contributed by atoms with Crippen LogP contribution >= 0.6 is 12.2 Å². The average molecular weight is 186 g/mol. The van der Waals surface area contributed by atoms with E-state index in [1.54, 1.807) is 0 Å². The fourth-order valence-corrected chi connectivity index (χ4v) is 1.52. The third-order valence-electron chi connectivity index (χ3n) is 2.04. The molecule has 1 unspecified atom stereocenters. The van der Waals surface area contributed by atoms with Crippen LogP contribution in [0.4, 0.5) is 0 Å². The van der Waals surface area contributed by atoms with Gasteiger partial charge < -0.3 is 10.6 Å². The molecular weight excluding hydrogens is 172 g/mol. The van der Waals surface area contributed by atoms with Crippen molar-refractivity contribution >= 4 is 23.1 Å². The van der Waals surface area contributed by atoms with E-state index >= 15 is 0 Å². The van der Waals surface area contributed by atoms with Gasteiger partial charge in [-0.15, -0.1) is 0 Å². The van der Waals surface area contributed by atoms with Crippen LogP contribution in [0.5, 0.6) is 0 Å². The van der Waals surface area contributed by atoms with E-state index < -0.39 is 0 Å². The van der Waals surface area contributed by atoms with E-state index in [0.717, 1.165) is 6.54 Å². The Labute approximate surface area is 77.9 Å². The predicted octanol–water partition coefficient (Wildman–Crippen LogP) is 0.531. The van der Waals surface area contributed by atoms with Gasteiger partial charge in [-0.2, -0.15) is 0 Å². The topological polar surface area (TPSA) is 46.3 Å². The fourth-order valence-electron chi connectivity index (χ4n) is 1.43. The smallest absolute Gasteiger partial charge is 0.222 e. The molecule has 1 saturated heterocycles. The molecule has 0 bridgehead atoms. The van der Waals surface area contributed by atoms with E-state index in [-0.39, 0.29) is 5.91 Å². The third kappa shape index (κ3) is 2.44. The maximum Gasteiger partial charge on any atom is 0.222 e. The molecule has 68 valence electrons. The van der Waals surface area contributed by atoms with Gasteiger partial charge in [0.1, 0.15) is 0 Å². The summed E-state index contributed by atoms with van der Waals surface area (Å²) >= 11 is 4.74. The normalized spacial score (nSPS) is 23.2. The van der Waals surface area contributed by atoms with Crippen molar-refractivity contribution in [2.45, 2.75) is 19.8 Å². The molecule has 1 atom stereocenters. The van der Waals surface area contributed by atoms with Crippen LogP contribution in [0.2, 0.25) is 0 Å².